The zero-order chi connectivity index (χ0) is 18.0. The van der Waals surface area contributed by atoms with Crippen LogP contribution in [0.25, 0.3) is 10.8 Å². The van der Waals surface area contributed by atoms with E-state index in [1.54, 1.807) is 24.3 Å². The van der Waals surface area contributed by atoms with Crippen molar-refractivity contribution in [2.45, 2.75) is 0 Å². The third-order valence-corrected chi connectivity index (χ3v) is 4.95. The summed E-state index contributed by atoms with van der Waals surface area (Å²) >= 11 is 5.25. The van der Waals surface area contributed by atoms with Crippen LogP contribution in [0.1, 0.15) is 15.9 Å². The zero-order valence-corrected chi connectivity index (χ0v) is 16.4. The highest BCUT2D eigenvalue weighted by Crippen LogP contribution is 2.30. The molecule has 1 amide bonds. The smallest absolute Gasteiger partial charge is 0.275 e. The fraction of sp³-hybridized carbons (Fsp3) is 0. The Morgan fingerprint density at radius 1 is 1.12 bits per heavy atom. The van der Waals surface area contributed by atoms with Crippen LogP contribution in [-0.2, 0) is 0 Å². The van der Waals surface area contributed by atoms with Crippen LogP contribution in [0.2, 0.25) is 0 Å². The summed E-state index contributed by atoms with van der Waals surface area (Å²) in [5.41, 5.74) is 3.25. The van der Waals surface area contributed by atoms with Gasteiger partial charge in [-0.05, 0) is 79.1 Å². The first-order valence-corrected chi connectivity index (χ1v) is 9.06. The molecule has 0 saturated heterocycles. The molecule has 0 spiro atoms. The van der Waals surface area contributed by atoms with Gasteiger partial charge in [0.25, 0.3) is 5.91 Å². The van der Waals surface area contributed by atoms with Crippen LogP contribution >= 0.6 is 38.5 Å². The molecule has 0 aliphatic carbocycles. The number of benzene rings is 3. The van der Waals surface area contributed by atoms with E-state index in [2.05, 4.69) is 26.5 Å². The van der Waals surface area contributed by atoms with Gasteiger partial charge in [0, 0.05) is 0 Å². The maximum absolute atomic E-state index is 12.3. The van der Waals surface area contributed by atoms with Crippen LogP contribution in [0.15, 0.2) is 58.1 Å². The molecule has 0 aliphatic heterocycles. The van der Waals surface area contributed by atoms with Crippen LogP contribution in [0.3, 0.4) is 0 Å². The fourth-order valence-electron chi connectivity index (χ4n) is 2.30. The Kier molecular flexibility index (Phi) is 5.24. The van der Waals surface area contributed by atoms with Crippen molar-refractivity contribution in [2.75, 3.05) is 0 Å². The van der Waals surface area contributed by atoms with Gasteiger partial charge in [-0.1, -0.05) is 24.3 Å². The van der Waals surface area contributed by atoms with Crippen LogP contribution in [0.4, 0.5) is 0 Å². The van der Waals surface area contributed by atoms with Crippen LogP contribution in [0, 0.1) is 3.57 Å². The van der Waals surface area contributed by atoms with Crippen molar-refractivity contribution >= 4 is 61.4 Å². The lowest BCUT2D eigenvalue weighted by atomic mass is 10.1. The predicted octanol–water partition coefficient (Wildman–Crippen LogP) is 4.38. The average molecular weight is 511 g/mol. The van der Waals surface area contributed by atoms with E-state index >= 15 is 0 Å². The molecular formula is C18H12BrIN2O3. The Hall–Kier alpha value is -2.13. The van der Waals surface area contributed by atoms with Crippen molar-refractivity contribution in [3.63, 3.8) is 0 Å². The van der Waals surface area contributed by atoms with Gasteiger partial charge in [0.15, 0.2) is 0 Å². The van der Waals surface area contributed by atoms with E-state index in [4.69, 9.17) is 0 Å². The quantitative estimate of drug-likeness (QED) is 0.278. The Balaban J connectivity index is 1.80. The molecule has 25 heavy (non-hydrogen) atoms. The Labute approximate surface area is 165 Å². The van der Waals surface area contributed by atoms with Gasteiger partial charge in [0.2, 0.25) is 0 Å². The van der Waals surface area contributed by atoms with E-state index in [-0.39, 0.29) is 17.1 Å². The minimum atomic E-state index is -0.507. The number of phenolic OH excluding ortho intramolecular Hbond substituents is 2. The molecule has 0 radical (unpaired) electrons. The Bertz CT molecular complexity index is 982. The molecule has 0 aliphatic rings. The molecule has 3 aromatic rings. The molecule has 126 valence electrons. The highest BCUT2D eigenvalue weighted by molar-refractivity contribution is 14.1. The van der Waals surface area contributed by atoms with Crippen molar-refractivity contribution in [3.8, 4) is 11.5 Å². The van der Waals surface area contributed by atoms with Gasteiger partial charge in [-0.2, -0.15) is 5.10 Å². The van der Waals surface area contributed by atoms with Crippen LogP contribution in [-0.4, -0.2) is 22.3 Å². The number of fused-ring (bicyclic) bond motifs is 1. The molecule has 0 unspecified atom stereocenters. The number of aromatic hydroxyl groups is 2. The second-order valence-electron chi connectivity index (χ2n) is 5.25. The highest BCUT2D eigenvalue weighted by Gasteiger charge is 2.12. The van der Waals surface area contributed by atoms with Crippen molar-refractivity contribution in [1.29, 1.82) is 0 Å². The molecule has 3 aromatic carbocycles. The molecule has 0 aromatic heterocycles. The standard InChI is InChI=1S/C18H12BrIN2O3/c19-14-5-10(6-15(20)17(14)24)9-21-22-18(25)13-7-11-3-1-2-4-12(11)8-16(13)23/h1-9,23-24H,(H,22,25)/b21-9+. The molecule has 3 N–H and O–H groups in total. The van der Waals surface area contributed by atoms with Gasteiger partial charge in [-0.15, -0.1) is 0 Å². The van der Waals surface area contributed by atoms with Crippen LogP contribution < -0.4 is 5.43 Å². The van der Waals surface area contributed by atoms with Gasteiger partial charge >= 0.3 is 0 Å². The number of carbonyl (C=O) groups is 1. The number of phenols is 2. The van der Waals surface area contributed by atoms with Crippen molar-refractivity contribution in [3.05, 3.63) is 67.7 Å². The lowest BCUT2D eigenvalue weighted by Crippen LogP contribution is -2.17. The number of hydrogen-bond donors (Lipinski definition) is 3. The van der Waals surface area contributed by atoms with Gasteiger partial charge in [0.1, 0.15) is 11.5 Å². The number of nitrogens with zero attached hydrogens (tertiary/aromatic N) is 1. The lowest BCUT2D eigenvalue weighted by molar-refractivity contribution is 0.0952. The second kappa shape index (κ2) is 7.40. The largest absolute Gasteiger partial charge is 0.507 e. The molecule has 0 bridgehead atoms. The summed E-state index contributed by atoms with van der Waals surface area (Å²) in [6.07, 6.45) is 1.46. The maximum atomic E-state index is 12.3. The van der Waals surface area contributed by atoms with Crippen molar-refractivity contribution in [1.82, 2.24) is 5.43 Å². The summed E-state index contributed by atoms with van der Waals surface area (Å²) in [6, 6.07) is 14.0. The molecule has 5 nitrogen and oxygen atoms in total. The van der Waals surface area contributed by atoms with E-state index in [1.165, 1.54) is 6.21 Å². The summed E-state index contributed by atoms with van der Waals surface area (Å²) in [5, 5.41) is 25.4. The molecular weight excluding hydrogens is 499 g/mol. The third kappa shape index (κ3) is 3.93. The molecule has 0 heterocycles. The minimum absolute atomic E-state index is 0.103. The Morgan fingerprint density at radius 3 is 2.48 bits per heavy atom. The highest BCUT2D eigenvalue weighted by atomic mass is 127. The van der Waals surface area contributed by atoms with E-state index in [0.29, 0.717) is 13.6 Å². The van der Waals surface area contributed by atoms with Gasteiger partial charge in [-0.25, -0.2) is 5.43 Å². The van der Waals surface area contributed by atoms with Crippen molar-refractivity contribution < 1.29 is 15.0 Å². The third-order valence-electron chi connectivity index (χ3n) is 3.53. The number of carbonyl (C=O) groups excluding carboxylic acids is 1. The second-order valence-corrected chi connectivity index (χ2v) is 7.27. The molecule has 0 saturated carbocycles. The topological polar surface area (TPSA) is 81.9 Å². The minimum Gasteiger partial charge on any atom is -0.507 e. The van der Waals surface area contributed by atoms with E-state index in [0.717, 1.165) is 10.8 Å². The molecule has 0 atom stereocenters. The fourth-order valence-corrected chi connectivity index (χ4v) is 3.79. The van der Waals surface area contributed by atoms with Gasteiger partial charge in [0.05, 0.1) is 19.8 Å². The SMILES string of the molecule is O=C(N/N=C/c1cc(Br)c(O)c(I)c1)c1cc2ccccc2cc1O. The molecule has 3 rings (SSSR count). The number of hydrogen-bond acceptors (Lipinski definition) is 4. The zero-order valence-electron chi connectivity index (χ0n) is 12.7. The molecule has 0 fully saturated rings. The van der Waals surface area contributed by atoms with Gasteiger partial charge < -0.3 is 10.2 Å². The van der Waals surface area contributed by atoms with Gasteiger partial charge in [-0.3, -0.25) is 4.79 Å². The molecule has 7 heteroatoms. The number of amides is 1. The average Bonchev–Trinajstić information content (AvgIpc) is 2.58. The number of rotatable bonds is 3. The summed E-state index contributed by atoms with van der Waals surface area (Å²) in [7, 11) is 0. The summed E-state index contributed by atoms with van der Waals surface area (Å²) < 4.78 is 1.20. The first-order valence-electron chi connectivity index (χ1n) is 7.19. The predicted molar refractivity (Wildman–Crippen MR) is 109 cm³/mol. The van der Waals surface area contributed by atoms with E-state index in [9.17, 15) is 15.0 Å². The number of halogens is 2. The lowest BCUT2D eigenvalue weighted by Gasteiger charge is -2.06. The van der Waals surface area contributed by atoms with E-state index in [1.807, 2.05) is 46.9 Å². The first kappa shape index (κ1) is 17.7. The summed E-state index contributed by atoms with van der Waals surface area (Å²) in [4.78, 5) is 12.3. The normalized spacial score (nSPS) is 11.1. The maximum Gasteiger partial charge on any atom is 0.275 e. The number of nitrogens with one attached hydrogen (secondary N) is 1. The number of hydrazone groups is 1. The first-order chi connectivity index (χ1) is 12.0. The van der Waals surface area contributed by atoms with E-state index < -0.39 is 5.91 Å². The summed E-state index contributed by atoms with van der Waals surface area (Å²) in [5.74, 6) is -0.455. The summed E-state index contributed by atoms with van der Waals surface area (Å²) in [6.45, 7) is 0. The van der Waals surface area contributed by atoms with Crippen molar-refractivity contribution in [2.24, 2.45) is 5.10 Å². The Morgan fingerprint density at radius 2 is 1.80 bits per heavy atom. The monoisotopic (exact) mass is 510 g/mol. The van der Waals surface area contributed by atoms with Crippen LogP contribution in [0.5, 0.6) is 11.5 Å².